The second-order valence-electron chi connectivity index (χ2n) is 3.23. The van der Waals surface area contributed by atoms with Crippen LogP contribution < -0.4 is 17.2 Å². The van der Waals surface area contributed by atoms with Gasteiger partial charge in [-0.05, 0) is 18.2 Å². The lowest BCUT2D eigenvalue weighted by Crippen LogP contribution is -2.16. The van der Waals surface area contributed by atoms with Crippen molar-refractivity contribution < 1.29 is 9.59 Å². The van der Waals surface area contributed by atoms with Crippen LogP contribution in [0.15, 0.2) is 23.2 Å². The normalized spacial score (nSPS) is 11.2. The van der Waals surface area contributed by atoms with Gasteiger partial charge in [0.15, 0.2) is 0 Å². The summed E-state index contributed by atoms with van der Waals surface area (Å²) in [6.07, 6.45) is 0. The van der Waals surface area contributed by atoms with Crippen molar-refractivity contribution in [1.29, 1.82) is 0 Å². The Morgan fingerprint density at radius 3 is 1.88 bits per heavy atom. The van der Waals surface area contributed by atoms with Crippen molar-refractivity contribution in [3.8, 4) is 0 Å². The molecule has 0 spiro atoms. The molecule has 17 heavy (non-hydrogen) atoms. The predicted octanol–water partition coefficient (Wildman–Crippen LogP) is 0.112. The number of alkyl halides is 1. The predicted molar refractivity (Wildman–Crippen MR) is 65.5 cm³/mol. The Balaban J connectivity index is 3.31. The van der Waals surface area contributed by atoms with E-state index in [0.29, 0.717) is 5.69 Å². The van der Waals surface area contributed by atoms with E-state index >= 15 is 0 Å². The molecule has 2 amide bonds. The number of hydrogen-bond acceptors (Lipinski definition) is 3. The first kappa shape index (κ1) is 13.0. The van der Waals surface area contributed by atoms with E-state index in [-0.39, 0.29) is 22.8 Å². The number of amides is 2. The van der Waals surface area contributed by atoms with E-state index in [2.05, 4.69) is 4.99 Å². The van der Waals surface area contributed by atoms with Crippen LogP contribution in [0.4, 0.5) is 5.69 Å². The van der Waals surface area contributed by atoms with Crippen LogP contribution in [0.1, 0.15) is 20.7 Å². The van der Waals surface area contributed by atoms with Gasteiger partial charge >= 0.3 is 0 Å². The maximum Gasteiger partial charge on any atom is 0.248 e. The highest BCUT2D eigenvalue weighted by atomic mass is 35.5. The van der Waals surface area contributed by atoms with Crippen LogP contribution in [0.3, 0.4) is 0 Å². The van der Waals surface area contributed by atoms with E-state index in [1.807, 2.05) is 0 Å². The quantitative estimate of drug-likeness (QED) is 0.401. The van der Waals surface area contributed by atoms with E-state index in [4.69, 9.17) is 28.8 Å². The van der Waals surface area contributed by atoms with E-state index in [1.165, 1.54) is 18.2 Å². The molecular formula is C10H11ClN4O2. The number of nitrogens with two attached hydrogens (primary N) is 3. The summed E-state index contributed by atoms with van der Waals surface area (Å²) in [5, 5.41) is 0. The van der Waals surface area contributed by atoms with Gasteiger partial charge in [-0.3, -0.25) is 9.59 Å². The first-order chi connectivity index (χ1) is 7.93. The number of benzene rings is 1. The number of hydrogen-bond donors (Lipinski definition) is 3. The Labute approximate surface area is 102 Å². The summed E-state index contributed by atoms with van der Waals surface area (Å²) in [6, 6.07) is 4.09. The molecule has 1 aromatic carbocycles. The van der Waals surface area contributed by atoms with Crippen LogP contribution in [-0.4, -0.2) is 23.5 Å². The number of nitrogens with zero attached hydrogens (tertiary/aromatic N) is 1. The summed E-state index contributed by atoms with van der Waals surface area (Å²) in [6.45, 7) is 0. The van der Waals surface area contributed by atoms with Crippen LogP contribution in [0.2, 0.25) is 0 Å². The van der Waals surface area contributed by atoms with Gasteiger partial charge in [0.05, 0.1) is 11.6 Å². The molecule has 0 saturated carbocycles. The highest BCUT2D eigenvalue weighted by Crippen LogP contribution is 2.17. The van der Waals surface area contributed by atoms with Gasteiger partial charge in [-0.15, -0.1) is 11.6 Å². The molecule has 0 aliphatic heterocycles. The van der Waals surface area contributed by atoms with Gasteiger partial charge in [0.25, 0.3) is 0 Å². The van der Waals surface area contributed by atoms with E-state index < -0.39 is 11.8 Å². The zero-order valence-corrected chi connectivity index (χ0v) is 9.57. The number of halogens is 1. The Bertz CT molecular complexity index is 467. The van der Waals surface area contributed by atoms with Crippen LogP contribution in [0.5, 0.6) is 0 Å². The molecular weight excluding hydrogens is 244 g/mol. The molecule has 0 aliphatic carbocycles. The van der Waals surface area contributed by atoms with Crippen molar-refractivity contribution in [2.75, 3.05) is 5.88 Å². The number of aliphatic imine (C=N–C) groups is 1. The molecule has 0 saturated heterocycles. The number of amidine groups is 1. The largest absolute Gasteiger partial charge is 0.386 e. The molecule has 0 unspecified atom stereocenters. The zero-order valence-electron chi connectivity index (χ0n) is 8.81. The van der Waals surface area contributed by atoms with E-state index in [0.717, 1.165) is 0 Å². The summed E-state index contributed by atoms with van der Waals surface area (Å²) in [5.41, 5.74) is 16.2. The molecule has 0 radical (unpaired) electrons. The van der Waals surface area contributed by atoms with E-state index in [1.54, 1.807) is 0 Å². The number of carbonyl (C=O) groups is 2. The molecule has 90 valence electrons. The summed E-state index contributed by atoms with van der Waals surface area (Å²) >= 11 is 5.47. The van der Waals surface area contributed by atoms with Crippen LogP contribution in [0.25, 0.3) is 0 Å². The summed E-state index contributed by atoms with van der Waals surface area (Å²) in [4.78, 5) is 26.0. The lowest BCUT2D eigenvalue weighted by Gasteiger charge is -2.03. The molecule has 1 rings (SSSR count). The fraction of sp³-hybridized carbons (Fsp3) is 0.100. The lowest BCUT2D eigenvalue weighted by atomic mass is 10.1. The standard InChI is InChI=1S/C10H11ClN4O2/c11-4-8(12)15-7-2-5(9(13)16)1-6(3-7)10(14)17/h1-3H,4H2,(H2,12,15)(H2,13,16)(H2,14,17). The Morgan fingerprint density at radius 2 is 1.53 bits per heavy atom. The molecule has 0 aromatic heterocycles. The first-order valence-electron chi connectivity index (χ1n) is 4.57. The van der Waals surface area contributed by atoms with Gasteiger partial charge in [0.1, 0.15) is 5.84 Å². The van der Waals surface area contributed by atoms with Crippen molar-refractivity contribution in [3.05, 3.63) is 29.3 Å². The Morgan fingerprint density at radius 1 is 1.06 bits per heavy atom. The van der Waals surface area contributed by atoms with E-state index in [9.17, 15) is 9.59 Å². The second-order valence-corrected chi connectivity index (χ2v) is 3.50. The van der Waals surface area contributed by atoms with Gasteiger partial charge in [0, 0.05) is 11.1 Å². The fourth-order valence-electron chi connectivity index (χ4n) is 1.16. The third-order valence-electron chi connectivity index (χ3n) is 1.90. The molecule has 0 aliphatic rings. The average molecular weight is 255 g/mol. The van der Waals surface area contributed by atoms with Gasteiger partial charge < -0.3 is 17.2 Å². The minimum Gasteiger partial charge on any atom is -0.386 e. The monoisotopic (exact) mass is 254 g/mol. The van der Waals surface area contributed by atoms with Gasteiger partial charge in [-0.25, -0.2) is 4.99 Å². The lowest BCUT2D eigenvalue weighted by molar-refractivity contribution is 0.0999. The molecule has 7 heteroatoms. The van der Waals surface area contributed by atoms with Crippen LogP contribution in [0, 0.1) is 0 Å². The molecule has 0 bridgehead atoms. The highest BCUT2D eigenvalue weighted by molar-refractivity contribution is 6.28. The SMILES string of the molecule is NC(=O)c1cc(N=C(N)CCl)cc(C(N)=O)c1. The maximum atomic E-state index is 11.0. The molecule has 1 aromatic rings. The van der Waals surface area contributed by atoms with Crippen molar-refractivity contribution in [2.24, 2.45) is 22.2 Å². The molecule has 0 atom stereocenters. The number of rotatable bonds is 4. The maximum absolute atomic E-state index is 11.0. The topological polar surface area (TPSA) is 125 Å². The van der Waals surface area contributed by atoms with Crippen LogP contribution >= 0.6 is 11.6 Å². The minimum absolute atomic E-state index is 0.0344. The molecule has 6 N–H and O–H groups in total. The van der Waals surface area contributed by atoms with Crippen molar-refractivity contribution in [3.63, 3.8) is 0 Å². The Hall–Kier alpha value is -2.08. The molecule has 0 heterocycles. The fourth-order valence-corrected chi connectivity index (χ4v) is 1.22. The van der Waals surface area contributed by atoms with Crippen LogP contribution in [-0.2, 0) is 0 Å². The summed E-state index contributed by atoms with van der Waals surface area (Å²) < 4.78 is 0. The van der Waals surface area contributed by atoms with Crippen molar-refractivity contribution in [1.82, 2.24) is 0 Å². The van der Waals surface area contributed by atoms with Gasteiger partial charge in [-0.2, -0.15) is 0 Å². The average Bonchev–Trinajstić information content (AvgIpc) is 2.28. The van der Waals surface area contributed by atoms with Crippen molar-refractivity contribution in [2.45, 2.75) is 0 Å². The smallest absolute Gasteiger partial charge is 0.248 e. The summed E-state index contributed by atoms with van der Waals surface area (Å²) in [5.74, 6) is -1.18. The zero-order chi connectivity index (χ0) is 13.0. The van der Waals surface area contributed by atoms with Gasteiger partial charge in [-0.1, -0.05) is 0 Å². The third-order valence-corrected chi connectivity index (χ3v) is 2.17. The first-order valence-corrected chi connectivity index (χ1v) is 5.11. The molecule has 0 fully saturated rings. The highest BCUT2D eigenvalue weighted by Gasteiger charge is 2.08. The summed E-state index contributed by atoms with van der Waals surface area (Å²) in [7, 11) is 0. The number of carbonyl (C=O) groups excluding carboxylic acids is 2. The Kier molecular flexibility index (Phi) is 4.06. The van der Waals surface area contributed by atoms with Gasteiger partial charge in [0.2, 0.25) is 11.8 Å². The third kappa shape index (κ3) is 3.46. The molecule has 6 nitrogen and oxygen atoms in total. The number of primary amides is 2. The second kappa shape index (κ2) is 5.31. The minimum atomic E-state index is -0.686. The van der Waals surface area contributed by atoms with Crippen molar-refractivity contribution >= 4 is 34.9 Å².